The fraction of sp³-hybridized carbons (Fsp3) is 0.250. The fourth-order valence-corrected chi connectivity index (χ4v) is 1.78. The zero-order valence-electron chi connectivity index (χ0n) is 11.2. The van der Waals surface area contributed by atoms with E-state index in [1.54, 1.807) is 0 Å². The molecule has 0 aliphatic carbocycles. The van der Waals surface area contributed by atoms with Gasteiger partial charge in [-0.2, -0.15) is 0 Å². The van der Waals surface area contributed by atoms with Crippen molar-refractivity contribution in [1.29, 1.82) is 0 Å². The van der Waals surface area contributed by atoms with Gasteiger partial charge in [0.25, 0.3) is 0 Å². The Morgan fingerprint density at radius 2 is 1.45 bits per heavy atom. The summed E-state index contributed by atoms with van der Waals surface area (Å²) in [5.41, 5.74) is 6.49. The lowest BCUT2D eigenvalue weighted by molar-refractivity contribution is 0.300. The molecule has 2 aromatic rings. The van der Waals surface area contributed by atoms with Crippen molar-refractivity contribution in [3.8, 4) is 11.5 Å². The zero-order chi connectivity index (χ0) is 14.2. The Kier molecular flexibility index (Phi) is 5.71. The summed E-state index contributed by atoms with van der Waals surface area (Å²) in [5, 5.41) is 0.729. The highest BCUT2D eigenvalue weighted by molar-refractivity contribution is 6.30. The van der Waals surface area contributed by atoms with Crippen molar-refractivity contribution >= 4 is 11.6 Å². The number of hydrogen-bond acceptors (Lipinski definition) is 3. The lowest BCUT2D eigenvalue weighted by Gasteiger charge is -2.08. The fourth-order valence-electron chi connectivity index (χ4n) is 1.65. The van der Waals surface area contributed by atoms with Crippen LogP contribution in [0.1, 0.15) is 12.0 Å². The van der Waals surface area contributed by atoms with Gasteiger partial charge in [0.05, 0.1) is 6.61 Å². The molecule has 106 valence electrons. The van der Waals surface area contributed by atoms with Gasteiger partial charge in [-0.15, -0.1) is 0 Å². The Morgan fingerprint density at radius 1 is 0.850 bits per heavy atom. The highest BCUT2D eigenvalue weighted by Crippen LogP contribution is 2.19. The van der Waals surface area contributed by atoms with Crippen molar-refractivity contribution in [3.05, 3.63) is 59.1 Å². The molecule has 0 aliphatic rings. The molecule has 3 nitrogen and oxygen atoms in total. The Hall–Kier alpha value is -1.71. The SMILES string of the molecule is NCCCOc1ccc(OCc2ccc(Cl)cc2)cc1. The third kappa shape index (κ3) is 4.76. The Balaban J connectivity index is 1.82. The van der Waals surface area contributed by atoms with Gasteiger partial charge in [-0.25, -0.2) is 0 Å². The molecule has 0 unspecified atom stereocenters. The molecule has 20 heavy (non-hydrogen) atoms. The van der Waals surface area contributed by atoms with Crippen LogP contribution in [0.3, 0.4) is 0 Å². The maximum Gasteiger partial charge on any atom is 0.120 e. The normalized spacial score (nSPS) is 10.3. The summed E-state index contributed by atoms with van der Waals surface area (Å²) in [7, 11) is 0. The second-order valence-corrected chi connectivity index (χ2v) is 4.81. The Labute approximate surface area is 124 Å². The second-order valence-electron chi connectivity index (χ2n) is 4.38. The minimum absolute atomic E-state index is 0.518. The van der Waals surface area contributed by atoms with Gasteiger partial charge in [-0.3, -0.25) is 0 Å². The van der Waals surface area contributed by atoms with Crippen LogP contribution in [-0.4, -0.2) is 13.2 Å². The van der Waals surface area contributed by atoms with Gasteiger partial charge in [-0.1, -0.05) is 23.7 Å². The van der Waals surface area contributed by atoms with Crippen LogP contribution in [0.2, 0.25) is 5.02 Å². The molecule has 2 aromatic carbocycles. The predicted octanol–water partition coefficient (Wildman–Crippen LogP) is 3.65. The molecule has 0 spiro atoms. The van der Waals surface area contributed by atoms with E-state index in [0.717, 1.165) is 28.5 Å². The standard InChI is InChI=1S/C16H18ClNO2/c17-14-4-2-13(3-5-14)12-20-16-8-6-15(7-9-16)19-11-1-10-18/h2-9H,1,10-12,18H2. The first kappa shape index (κ1) is 14.7. The van der Waals surface area contributed by atoms with Crippen molar-refractivity contribution in [3.63, 3.8) is 0 Å². The molecule has 0 amide bonds. The van der Waals surface area contributed by atoms with Gasteiger partial charge in [0.2, 0.25) is 0 Å². The largest absolute Gasteiger partial charge is 0.494 e. The molecule has 0 aliphatic heterocycles. The molecule has 2 N–H and O–H groups in total. The number of rotatable bonds is 7. The van der Waals surface area contributed by atoms with E-state index in [1.807, 2.05) is 48.5 Å². The molecule has 0 aromatic heterocycles. The average Bonchev–Trinajstić information content (AvgIpc) is 2.48. The average molecular weight is 292 g/mol. The topological polar surface area (TPSA) is 44.5 Å². The first-order valence-electron chi connectivity index (χ1n) is 6.58. The van der Waals surface area contributed by atoms with Crippen LogP contribution >= 0.6 is 11.6 Å². The van der Waals surface area contributed by atoms with Crippen LogP contribution < -0.4 is 15.2 Å². The summed E-state index contributed by atoms with van der Waals surface area (Å²) in [6, 6.07) is 15.2. The molecule has 0 saturated carbocycles. The minimum Gasteiger partial charge on any atom is -0.494 e. The van der Waals surface area contributed by atoms with E-state index >= 15 is 0 Å². The van der Waals surface area contributed by atoms with E-state index < -0.39 is 0 Å². The minimum atomic E-state index is 0.518. The number of ether oxygens (including phenoxy) is 2. The maximum atomic E-state index is 5.84. The Morgan fingerprint density at radius 3 is 2.05 bits per heavy atom. The molecule has 2 rings (SSSR count). The van der Waals surface area contributed by atoms with E-state index in [1.165, 1.54) is 0 Å². The van der Waals surface area contributed by atoms with Crippen molar-refractivity contribution in [2.24, 2.45) is 5.73 Å². The summed E-state index contributed by atoms with van der Waals surface area (Å²) >= 11 is 5.84. The molecule has 0 fully saturated rings. The predicted molar refractivity (Wildman–Crippen MR) is 81.4 cm³/mol. The summed E-state index contributed by atoms with van der Waals surface area (Å²) in [4.78, 5) is 0. The highest BCUT2D eigenvalue weighted by Gasteiger charge is 1.98. The first-order valence-corrected chi connectivity index (χ1v) is 6.96. The van der Waals surface area contributed by atoms with E-state index in [2.05, 4.69) is 0 Å². The summed E-state index contributed by atoms with van der Waals surface area (Å²) in [6.45, 7) is 1.80. The molecule has 0 atom stereocenters. The number of hydrogen-bond donors (Lipinski definition) is 1. The highest BCUT2D eigenvalue weighted by atomic mass is 35.5. The number of halogens is 1. The van der Waals surface area contributed by atoms with E-state index in [-0.39, 0.29) is 0 Å². The van der Waals surface area contributed by atoms with Gasteiger partial charge < -0.3 is 15.2 Å². The molecular weight excluding hydrogens is 274 g/mol. The summed E-state index contributed by atoms with van der Waals surface area (Å²) in [6.07, 6.45) is 0.856. The molecule has 0 saturated heterocycles. The van der Waals surface area contributed by atoms with Crippen LogP contribution in [0.15, 0.2) is 48.5 Å². The van der Waals surface area contributed by atoms with Gasteiger partial charge in [0, 0.05) is 5.02 Å². The number of benzene rings is 2. The van der Waals surface area contributed by atoms with Gasteiger partial charge in [0.15, 0.2) is 0 Å². The van der Waals surface area contributed by atoms with Crippen LogP contribution in [0.5, 0.6) is 11.5 Å². The van der Waals surface area contributed by atoms with Gasteiger partial charge in [0.1, 0.15) is 18.1 Å². The van der Waals surface area contributed by atoms with Gasteiger partial charge in [-0.05, 0) is 54.9 Å². The lowest BCUT2D eigenvalue weighted by Crippen LogP contribution is -2.06. The molecule has 4 heteroatoms. The molecular formula is C16H18ClNO2. The summed E-state index contributed by atoms with van der Waals surface area (Å²) in [5.74, 6) is 1.64. The maximum absolute atomic E-state index is 5.84. The first-order chi connectivity index (χ1) is 9.78. The third-order valence-corrected chi connectivity index (χ3v) is 3.01. The van der Waals surface area contributed by atoms with Crippen LogP contribution in [0, 0.1) is 0 Å². The second kappa shape index (κ2) is 7.78. The molecule has 0 heterocycles. The zero-order valence-corrected chi connectivity index (χ0v) is 12.0. The van der Waals surface area contributed by atoms with Gasteiger partial charge >= 0.3 is 0 Å². The van der Waals surface area contributed by atoms with Crippen LogP contribution in [0.4, 0.5) is 0 Å². The monoisotopic (exact) mass is 291 g/mol. The van der Waals surface area contributed by atoms with Crippen molar-refractivity contribution < 1.29 is 9.47 Å². The van der Waals surface area contributed by atoms with Crippen LogP contribution in [-0.2, 0) is 6.61 Å². The third-order valence-electron chi connectivity index (χ3n) is 2.76. The van der Waals surface area contributed by atoms with Crippen LogP contribution in [0.25, 0.3) is 0 Å². The van der Waals surface area contributed by atoms with Crippen molar-refractivity contribution in [1.82, 2.24) is 0 Å². The smallest absolute Gasteiger partial charge is 0.120 e. The van der Waals surface area contributed by atoms with Crippen molar-refractivity contribution in [2.45, 2.75) is 13.0 Å². The number of nitrogens with two attached hydrogens (primary N) is 1. The Bertz CT molecular complexity index is 511. The van der Waals surface area contributed by atoms with Crippen molar-refractivity contribution in [2.75, 3.05) is 13.2 Å². The summed E-state index contributed by atoms with van der Waals surface area (Å²) < 4.78 is 11.2. The molecule has 0 bridgehead atoms. The van der Waals surface area contributed by atoms with E-state index in [9.17, 15) is 0 Å². The van der Waals surface area contributed by atoms with E-state index in [0.29, 0.717) is 19.8 Å². The molecule has 0 radical (unpaired) electrons. The lowest BCUT2D eigenvalue weighted by atomic mass is 10.2. The van der Waals surface area contributed by atoms with E-state index in [4.69, 9.17) is 26.8 Å². The quantitative estimate of drug-likeness (QED) is 0.792.